The molecule has 1 aliphatic rings. The van der Waals surface area contributed by atoms with Crippen molar-refractivity contribution >= 4 is 19.0 Å². The molecule has 1 rings (SSSR count). The molecule has 0 radical (unpaired) electrons. The maximum Gasteiger partial charge on any atom is 0.451 e. The number of piperazine rings is 1. The largest absolute Gasteiger partial charge is 0.481 e. The Morgan fingerprint density at radius 1 is 1.22 bits per heavy atom. The minimum Gasteiger partial charge on any atom is -0.481 e. The van der Waals surface area contributed by atoms with Gasteiger partial charge < -0.3 is 25.8 Å². The van der Waals surface area contributed by atoms with E-state index in [-0.39, 0.29) is 31.2 Å². The molecule has 8 nitrogen and oxygen atoms in total. The van der Waals surface area contributed by atoms with Gasteiger partial charge in [-0.05, 0) is 38.7 Å². The zero-order chi connectivity index (χ0) is 17.2. The van der Waals surface area contributed by atoms with Gasteiger partial charge in [0.15, 0.2) is 0 Å². The molecule has 1 saturated heterocycles. The average molecular weight is 329 g/mol. The highest BCUT2D eigenvalue weighted by atomic mass is 16.4. The fourth-order valence-electron chi connectivity index (χ4n) is 2.87. The Kier molecular flexibility index (Phi) is 9.16. The lowest BCUT2D eigenvalue weighted by Crippen LogP contribution is -2.57. The second-order valence-electron chi connectivity index (χ2n) is 5.93. The molecule has 0 aromatic heterocycles. The highest BCUT2D eigenvalue weighted by Crippen LogP contribution is 2.18. The van der Waals surface area contributed by atoms with Crippen molar-refractivity contribution in [2.24, 2.45) is 5.73 Å². The summed E-state index contributed by atoms with van der Waals surface area (Å²) in [4.78, 5) is 27.0. The fraction of sp³-hybridized carbons (Fsp3) is 0.857. The molecule has 1 atom stereocenters. The van der Waals surface area contributed by atoms with Gasteiger partial charge in [-0.3, -0.25) is 14.5 Å². The van der Waals surface area contributed by atoms with Crippen molar-refractivity contribution in [1.29, 1.82) is 0 Å². The van der Waals surface area contributed by atoms with Gasteiger partial charge in [0, 0.05) is 19.6 Å². The first-order valence-corrected chi connectivity index (χ1v) is 8.26. The molecule has 0 saturated carbocycles. The van der Waals surface area contributed by atoms with Crippen LogP contribution in [0.2, 0.25) is 6.32 Å². The molecule has 1 heterocycles. The van der Waals surface area contributed by atoms with E-state index in [2.05, 4.69) is 4.90 Å². The van der Waals surface area contributed by atoms with Gasteiger partial charge in [0.1, 0.15) is 0 Å². The molecular weight excluding hydrogens is 301 g/mol. The summed E-state index contributed by atoms with van der Waals surface area (Å²) >= 11 is 0. The van der Waals surface area contributed by atoms with Crippen LogP contribution in [0.4, 0.5) is 0 Å². The van der Waals surface area contributed by atoms with Crippen LogP contribution in [0.1, 0.15) is 32.1 Å². The molecule has 5 N–H and O–H groups in total. The van der Waals surface area contributed by atoms with Crippen LogP contribution >= 0.6 is 0 Å². The zero-order valence-corrected chi connectivity index (χ0v) is 13.6. The molecule has 0 bridgehead atoms. The number of carbonyl (C=O) groups excluding carboxylic acids is 1. The van der Waals surface area contributed by atoms with E-state index < -0.39 is 13.1 Å². The predicted molar refractivity (Wildman–Crippen MR) is 86.7 cm³/mol. The van der Waals surface area contributed by atoms with Gasteiger partial charge in [0.25, 0.3) is 0 Å². The summed E-state index contributed by atoms with van der Waals surface area (Å²) in [6, 6.07) is -0.264. The molecule has 1 fully saturated rings. The normalized spacial score (nSPS) is 19.2. The fourth-order valence-corrected chi connectivity index (χ4v) is 2.87. The number of hydrogen-bond acceptors (Lipinski definition) is 6. The predicted octanol–water partition coefficient (Wildman–Crippen LogP) is -1.03. The van der Waals surface area contributed by atoms with Crippen molar-refractivity contribution in [2.45, 2.75) is 44.5 Å². The van der Waals surface area contributed by atoms with Gasteiger partial charge >= 0.3 is 13.1 Å². The number of hydrogen-bond donors (Lipinski definition) is 4. The standard InChI is InChI=1S/C14H28BN3O5/c16-7-2-1-4-12-14(21)18(9-5-13(19)20)11-10-17(12)8-3-6-15(22)23/h12,22-23H,1-11,16H2,(H,19,20)/t12-/m0/s1. The van der Waals surface area contributed by atoms with E-state index in [9.17, 15) is 9.59 Å². The third-order valence-electron chi connectivity index (χ3n) is 4.13. The van der Waals surface area contributed by atoms with E-state index in [4.69, 9.17) is 20.9 Å². The Labute approximate surface area is 137 Å². The summed E-state index contributed by atoms with van der Waals surface area (Å²) in [6.45, 7) is 2.65. The molecule has 23 heavy (non-hydrogen) atoms. The summed E-state index contributed by atoms with van der Waals surface area (Å²) < 4.78 is 0. The molecule has 0 unspecified atom stereocenters. The smallest absolute Gasteiger partial charge is 0.451 e. The highest BCUT2D eigenvalue weighted by Gasteiger charge is 2.33. The first kappa shape index (κ1) is 19.9. The van der Waals surface area contributed by atoms with Crippen LogP contribution in [0.5, 0.6) is 0 Å². The third kappa shape index (κ3) is 7.30. The topological polar surface area (TPSA) is 127 Å². The quantitative estimate of drug-likeness (QED) is 0.282. The van der Waals surface area contributed by atoms with E-state index in [1.54, 1.807) is 4.90 Å². The second-order valence-corrected chi connectivity index (χ2v) is 5.93. The number of amides is 1. The van der Waals surface area contributed by atoms with Crippen molar-refractivity contribution in [3.8, 4) is 0 Å². The van der Waals surface area contributed by atoms with Gasteiger partial charge in [0.2, 0.25) is 5.91 Å². The van der Waals surface area contributed by atoms with E-state index in [1.165, 1.54) is 0 Å². The molecule has 132 valence electrons. The summed E-state index contributed by atoms with van der Waals surface area (Å²) in [5.74, 6) is -0.934. The van der Waals surface area contributed by atoms with Crippen molar-refractivity contribution in [3.05, 3.63) is 0 Å². The van der Waals surface area contributed by atoms with Crippen LogP contribution in [-0.2, 0) is 9.59 Å². The van der Waals surface area contributed by atoms with Crippen molar-refractivity contribution < 1.29 is 24.7 Å². The lowest BCUT2D eigenvalue weighted by atomic mass is 9.84. The Morgan fingerprint density at radius 2 is 1.96 bits per heavy atom. The van der Waals surface area contributed by atoms with Crippen molar-refractivity contribution in [1.82, 2.24) is 9.80 Å². The van der Waals surface area contributed by atoms with Crippen LogP contribution in [0.15, 0.2) is 0 Å². The summed E-state index contributed by atoms with van der Waals surface area (Å²) in [5, 5.41) is 26.6. The van der Waals surface area contributed by atoms with E-state index >= 15 is 0 Å². The minimum atomic E-state index is -1.32. The number of rotatable bonds is 11. The Balaban J connectivity index is 2.59. The third-order valence-corrected chi connectivity index (χ3v) is 4.13. The first-order valence-electron chi connectivity index (χ1n) is 8.26. The number of unbranched alkanes of at least 4 members (excludes halogenated alkanes) is 1. The SMILES string of the molecule is NCCCC[C@H]1C(=O)N(CCC(=O)O)CCN1CCCB(O)O. The van der Waals surface area contributed by atoms with Gasteiger partial charge in [0.05, 0.1) is 12.5 Å². The van der Waals surface area contributed by atoms with Crippen LogP contribution < -0.4 is 5.73 Å². The van der Waals surface area contributed by atoms with Gasteiger partial charge in [-0.1, -0.05) is 6.42 Å². The molecule has 9 heteroatoms. The number of nitrogens with two attached hydrogens (primary N) is 1. The Morgan fingerprint density at radius 3 is 2.57 bits per heavy atom. The van der Waals surface area contributed by atoms with Gasteiger partial charge in [-0.2, -0.15) is 0 Å². The van der Waals surface area contributed by atoms with Gasteiger partial charge in [-0.15, -0.1) is 0 Å². The first-order chi connectivity index (χ1) is 11.0. The lowest BCUT2D eigenvalue weighted by molar-refractivity contribution is -0.144. The van der Waals surface area contributed by atoms with Gasteiger partial charge in [-0.25, -0.2) is 0 Å². The Bertz CT molecular complexity index is 383. The number of carboxylic acids is 1. The number of carbonyl (C=O) groups is 2. The summed E-state index contributed by atoms with van der Waals surface area (Å²) in [7, 11) is -1.32. The molecule has 0 spiro atoms. The monoisotopic (exact) mass is 329 g/mol. The molecular formula is C14H28BN3O5. The second kappa shape index (κ2) is 10.6. The van der Waals surface area contributed by atoms with Crippen LogP contribution in [0.3, 0.4) is 0 Å². The van der Waals surface area contributed by atoms with E-state index in [0.717, 1.165) is 12.8 Å². The zero-order valence-electron chi connectivity index (χ0n) is 13.6. The molecule has 0 aromatic rings. The molecule has 1 amide bonds. The molecule has 1 aliphatic heterocycles. The van der Waals surface area contributed by atoms with Crippen LogP contribution in [0.25, 0.3) is 0 Å². The lowest BCUT2D eigenvalue weighted by Gasteiger charge is -2.40. The van der Waals surface area contributed by atoms with Crippen LogP contribution in [0, 0.1) is 0 Å². The number of carboxylic acid groups (broad SMARTS) is 1. The van der Waals surface area contributed by atoms with E-state index in [1.807, 2.05) is 0 Å². The average Bonchev–Trinajstić information content (AvgIpc) is 2.48. The van der Waals surface area contributed by atoms with Crippen molar-refractivity contribution in [2.75, 3.05) is 32.7 Å². The van der Waals surface area contributed by atoms with Crippen LogP contribution in [-0.4, -0.2) is 82.7 Å². The van der Waals surface area contributed by atoms with Crippen molar-refractivity contribution in [3.63, 3.8) is 0 Å². The maximum absolute atomic E-state index is 12.6. The minimum absolute atomic E-state index is 0.0286. The number of nitrogens with zero attached hydrogens (tertiary/aromatic N) is 2. The maximum atomic E-state index is 12.6. The summed E-state index contributed by atoms with van der Waals surface area (Å²) in [5.41, 5.74) is 5.51. The molecule has 0 aromatic carbocycles. The summed E-state index contributed by atoms with van der Waals surface area (Å²) in [6.07, 6.45) is 3.23. The molecule has 0 aliphatic carbocycles. The highest BCUT2D eigenvalue weighted by molar-refractivity contribution is 6.40. The Hall–Kier alpha value is -1.16. The number of aliphatic carboxylic acids is 1. The van der Waals surface area contributed by atoms with E-state index in [0.29, 0.717) is 39.0 Å².